The van der Waals surface area contributed by atoms with Crippen molar-refractivity contribution in [2.75, 3.05) is 7.05 Å². The number of hydrogen-bond donors (Lipinski definition) is 1. The molecule has 7 nitrogen and oxygen atoms in total. The maximum absolute atomic E-state index is 12.5. The van der Waals surface area contributed by atoms with Gasteiger partial charge in [0.05, 0.1) is 5.52 Å². The second-order valence-electron chi connectivity index (χ2n) is 5.94. The Bertz CT molecular complexity index is 1050. The van der Waals surface area contributed by atoms with E-state index in [1.807, 2.05) is 30.3 Å². The molecule has 0 saturated heterocycles. The number of rotatable bonds is 4. The van der Waals surface area contributed by atoms with Crippen LogP contribution in [0, 0.1) is 6.92 Å². The van der Waals surface area contributed by atoms with Gasteiger partial charge in [-0.05, 0) is 24.6 Å². The molecule has 2 aromatic heterocycles. The molecular weight excluding hydrogens is 320 g/mol. The average molecular weight is 338 g/mol. The van der Waals surface area contributed by atoms with Crippen LogP contribution in [-0.2, 0) is 17.9 Å². The van der Waals surface area contributed by atoms with Gasteiger partial charge in [-0.1, -0.05) is 18.2 Å². The summed E-state index contributed by atoms with van der Waals surface area (Å²) in [6.45, 7) is 1.86. The number of amides is 1. The van der Waals surface area contributed by atoms with Gasteiger partial charge in [-0.2, -0.15) is 0 Å². The first-order valence-electron chi connectivity index (χ1n) is 7.82. The van der Waals surface area contributed by atoms with Gasteiger partial charge in [0.2, 0.25) is 5.91 Å². The zero-order chi connectivity index (χ0) is 18.0. The topological polar surface area (TPSA) is 88.1 Å². The van der Waals surface area contributed by atoms with Crippen molar-refractivity contribution in [3.63, 3.8) is 0 Å². The molecule has 0 unspecified atom stereocenters. The number of benzene rings is 1. The number of aromatic nitrogens is 3. The second kappa shape index (κ2) is 6.72. The minimum Gasteiger partial charge on any atom is -0.340 e. The van der Waals surface area contributed by atoms with Crippen LogP contribution in [0.4, 0.5) is 0 Å². The highest BCUT2D eigenvalue weighted by Crippen LogP contribution is 2.17. The molecule has 3 aromatic rings. The summed E-state index contributed by atoms with van der Waals surface area (Å²) in [4.78, 5) is 43.7. The number of aromatic amines is 1. The number of pyridine rings is 1. The highest BCUT2D eigenvalue weighted by molar-refractivity contribution is 5.83. The van der Waals surface area contributed by atoms with Gasteiger partial charge in [-0.15, -0.1) is 0 Å². The maximum Gasteiger partial charge on any atom is 0.328 e. The van der Waals surface area contributed by atoms with E-state index in [4.69, 9.17) is 0 Å². The molecule has 128 valence electrons. The number of aryl methyl sites for hydroxylation is 1. The third kappa shape index (κ3) is 3.50. The molecule has 7 heteroatoms. The smallest absolute Gasteiger partial charge is 0.328 e. The van der Waals surface area contributed by atoms with Gasteiger partial charge in [-0.25, -0.2) is 4.79 Å². The number of hydrogen-bond acceptors (Lipinski definition) is 4. The molecule has 1 amide bonds. The molecule has 2 heterocycles. The SMILES string of the molecule is Cc1cn(CC(=O)N(C)Cc2cccc3ncccc23)c(=O)[nH]c1=O. The van der Waals surface area contributed by atoms with E-state index in [1.54, 1.807) is 25.1 Å². The van der Waals surface area contributed by atoms with Crippen LogP contribution >= 0.6 is 0 Å². The molecule has 25 heavy (non-hydrogen) atoms. The highest BCUT2D eigenvalue weighted by Gasteiger charge is 2.13. The fraction of sp³-hybridized carbons (Fsp3) is 0.222. The average Bonchev–Trinajstić information content (AvgIpc) is 2.60. The van der Waals surface area contributed by atoms with Crippen molar-refractivity contribution >= 4 is 16.8 Å². The van der Waals surface area contributed by atoms with Gasteiger partial charge in [-0.3, -0.25) is 24.1 Å². The Kier molecular flexibility index (Phi) is 4.47. The zero-order valence-electron chi connectivity index (χ0n) is 14.0. The lowest BCUT2D eigenvalue weighted by Gasteiger charge is -2.19. The van der Waals surface area contributed by atoms with Crippen LogP contribution in [0.5, 0.6) is 0 Å². The molecule has 0 fully saturated rings. The molecule has 1 N–H and O–H groups in total. The largest absolute Gasteiger partial charge is 0.340 e. The van der Waals surface area contributed by atoms with Crippen LogP contribution in [0.2, 0.25) is 0 Å². The zero-order valence-corrected chi connectivity index (χ0v) is 14.0. The van der Waals surface area contributed by atoms with Crippen LogP contribution in [-0.4, -0.2) is 32.4 Å². The van der Waals surface area contributed by atoms with E-state index < -0.39 is 11.2 Å². The van der Waals surface area contributed by atoms with Crippen LogP contribution in [0.25, 0.3) is 10.9 Å². The fourth-order valence-corrected chi connectivity index (χ4v) is 2.65. The first kappa shape index (κ1) is 16.6. The van der Waals surface area contributed by atoms with Crippen LogP contribution < -0.4 is 11.2 Å². The van der Waals surface area contributed by atoms with E-state index in [-0.39, 0.29) is 12.5 Å². The van der Waals surface area contributed by atoms with Crippen LogP contribution in [0.15, 0.2) is 52.3 Å². The summed E-state index contributed by atoms with van der Waals surface area (Å²) >= 11 is 0. The van der Waals surface area contributed by atoms with Crippen molar-refractivity contribution in [3.8, 4) is 0 Å². The molecule has 3 rings (SSSR count). The van der Waals surface area contributed by atoms with E-state index in [0.717, 1.165) is 16.5 Å². The molecule has 1 aromatic carbocycles. The third-order valence-electron chi connectivity index (χ3n) is 4.06. The van der Waals surface area contributed by atoms with Gasteiger partial charge in [0.25, 0.3) is 5.56 Å². The first-order chi connectivity index (χ1) is 12.0. The summed E-state index contributed by atoms with van der Waals surface area (Å²) in [7, 11) is 1.68. The summed E-state index contributed by atoms with van der Waals surface area (Å²) in [5.74, 6) is -0.227. The lowest BCUT2D eigenvalue weighted by molar-refractivity contribution is -0.131. The number of H-pyrrole nitrogens is 1. The summed E-state index contributed by atoms with van der Waals surface area (Å²) in [5, 5.41) is 0.988. The first-order valence-corrected chi connectivity index (χ1v) is 7.82. The summed E-state index contributed by atoms with van der Waals surface area (Å²) in [6.07, 6.45) is 3.13. The van der Waals surface area contributed by atoms with Gasteiger partial charge in [0.15, 0.2) is 0 Å². The van der Waals surface area contributed by atoms with Crippen molar-refractivity contribution in [2.45, 2.75) is 20.0 Å². The van der Waals surface area contributed by atoms with Gasteiger partial charge in [0.1, 0.15) is 6.54 Å². The predicted octanol–water partition coefficient (Wildman–Crippen LogP) is 1.05. The number of carbonyl (C=O) groups excluding carboxylic acids is 1. The lowest BCUT2D eigenvalue weighted by Crippen LogP contribution is -2.37. The van der Waals surface area contributed by atoms with E-state index >= 15 is 0 Å². The molecule has 0 bridgehead atoms. The maximum atomic E-state index is 12.5. The molecule has 0 radical (unpaired) electrons. The molecule has 0 saturated carbocycles. The van der Waals surface area contributed by atoms with Crippen LogP contribution in [0.3, 0.4) is 0 Å². The van der Waals surface area contributed by atoms with Crippen molar-refractivity contribution in [2.24, 2.45) is 0 Å². The highest BCUT2D eigenvalue weighted by atomic mass is 16.2. The van der Waals surface area contributed by atoms with E-state index in [2.05, 4.69) is 9.97 Å². The summed E-state index contributed by atoms with van der Waals surface area (Å²) in [6, 6.07) is 9.59. The Morgan fingerprint density at radius 2 is 2.04 bits per heavy atom. The number of likely N-dealkylation sites (N-methyl/N-ethyl adjacent to an activating group) is 1. The molecule has 0 aliphatic heterocycles. The normalized spacial score (nSPS) is 10.8. The van der Waals surface area contributed by atoms with Gasteiger partial charge in [0, 0.05) is 36.9 Å². The Labute approximate surface area is 143 Å². The summed E-state index contributed by atoms with van der Waals surface area (Å²) in [5.41, 5.74) is 1.20. The molecule has 0 atom stereocenters. The van der Waals surface area contributed by atoms with Crippen molar-refractivity contribution < 1.29 is 4.79 Å². The molecule has 0 aliphatic carbocycles. The predicted molar refractivity (Wildman–Crippen MR) is 94.3 cm³/mol. The number of nitrogens with one attached hydrogen (secondary N) is 1. The number of nitrogens with zero attached hydrogens (tertiary/aromatic N) is 3. The van der Waals surface area contributed by atoms with E-state index in [1.165, 1.54) is 10.8 Å². The second-order valence-corrected chi connectivity index (χ2v) is 5.94. The molecular formula is C18H18N4O3. The Hall–Kier alpha value is -3.22. The Morgan fingerprint density at radius 1 is 1.24 bits per heavy atom. The lowest BCUT2D eigenvalue weighted by atomic mass is 10.1. The Morgan fingerprint density at radius 3 is 2.84 bits per heavy atom. The third-order valence-corrected chi connectivity index (χ3v) is 4.06. The minimum atomic E-state index is -0.591. The number of carbonyl (C=O) groups is 1. The van der Waals surface area contributed by atoms with Crippen molar-refractivity contribution in [3.05, 3.63) is 74.7 Å². The monoisotopic (exact) mass is 338 g/mol. The molecule has 0 aliphatic rings. The molecule has 0 spiro atoms. The van der Waals surface area contributed by atoms with Gasteiger partial charge < -0.3 is 4.90 Å². The minimum absolute atomic E-state index is 0.129. The van der Waals surface area contributed by atoms with Gasteiger partial charge >= 0.3 is 5.69 Å². The summed E-state index contributed by atoms with van der Waals surface area (Å²) < 4.78 is 1.21. The Balaban J connectivity index is 1.80. The standard InChI is InChI=1S/C18H18N4O3/c1-12-9-22(18(25)20-17(12)24)11-16(23)21(2)10-13-5-3-7-15-14(13)6-4-8-19-15/h3-9H,10-11H2,1-2H3,(H,20,24,25). The van der Waals surface area contributed by atoms with Crippen LogP contribution in [0.1, 0.15) is 11.1 Å². The number of fused-ring (bicyclic) bond motifs is 1. The fourth-order valence-electron chi connectivity index (χ4n) is 2.65. The van der Waals surface area contributed by atoms with Crippen molar-refractivity contribution in [1.29, 1.82) is 0 Å². The van der Waals surface area contributed by atoms with E-state index in [9.17, 15) is 14.4 Å². The van der Waals surface area contributed by atoms with Crippen molar-refractivity contribution in [1.82, 2.24) is 19.4 Å². The quantitative estimate of drug-likeness (QED) is 0.770. The van der Waals surface area contributed by atoms with E-state index in [0.29, 0.717) is 12.1 Å².